The number of likely N-dealkylation sites (tertiary alicyclic amines) is 1. The number of hydrogen-bond acceptors (Lipinski definition) is 3. The Bertz CT molecular complexity index is 394. The summed E-state index contributed by atoms with van der Waals surface area (Å²) in [6.45, 7) is 4.63. The summed E-state index contributed by atoms with van der Waals surface area (Å²) in [7, 11) is 4.42. The van der Waals surface area contributed by atoms with E-state index in [1.54, 1.807) is 0 Å². The zero-order valence-electron chi connectivity index (χ0n) is 11.9. The Morgan fingerprint density at radius 3 is 2.63 bits per heavy atom. The average molecular weight is 326 g/mol. The van der Waals surface area contributed by atoms with Gasteiger partial charge in [-0.2, -0.15) is 0 Å². The third kappa shape index (κ3) is 4.79. The minimum absolute atomic E-state index is 0.831. The second-order valence-corrected chi connectivity index (χ2v) is 6.75. The maximum absolute atomic E-state index is 5.88. The molecule has 0 saturated carbocycles. The molecule has 3 nitrogen and oxygen atoms in total. The summed E-state index contributed by atoms with van der Waals surface area (Å²) in [4.78, 5) is 4.84. The molecule has 0 atom stereocenters. The molecule has 4 heteroatoms. The Labute approximate surface area is 124 Å². The zero-order valence-corrected chi connectivity index (χ0v) is 13.5. The van der Waals surface area contributed by atoms with Gasteiger partial charge in [-0.25, -0.2) is 0 Å². The Kier molecular flexibility index (Phi) is 5.25. The second kappa shape index (κ2) is 6.73. The normalized spacial score (nSPS) is 18.1. The van der Waals surface area contributed by atoms with E-state index < -0.39 is 0 Å². The number of anilines is 1. The molecule has 1 saturated heterocycles. The van der Waals surface area contributed by atoms with Crippen LogP contribution in [-0.2, 0) is 6.54 Å². The van der Waals surface area contributed by atoms with Gasteiger partial charge in [-0.05, 0) is 69.7 Å². The Morgan fingerprint density at radius 1 is 1.32 bits per heavy atom. The van der Waals surface area contributed by atoms with Crippen LogP contribution < -0.4 is 5.73 Å². The molecule has 0 bridgehead atoms. The molecule has 106 valence electrons. The van der Waals surface area contributed by atoms with E-state index in [1.807, 2.05) is 6.07 Å². The van der Waals surface area contributed by atoms with Gasteiger partial charge in [-0.1, -0.05) is 15.9 Å². The van der Waals surface area contributed by atoms with Gasteiger partial charge in [-0.15, -0.1) is 0 Å². The van der Waals surface area contributed by atoms with Crippen LogP contribution in [-0.4, -0.2) is 43.5 Å². The third-order valence-corrected chi connectivity index (χ3v) is 4.30. The lowest BCUT2D eigenvalue weighted by Gasteiger charge is -2.31. The summed E-state index contributed by atoms with van der Waals surface area (Å²) in [5.41, 5.74) is 7.99. The van der Waals surface area contributed by atoms with E-state index in [1.165, 1.54) is 38.0 Å². The Morgan fingerprint density at radius 2 is 2.00 bits per heavy atom. The number of nitrogens with two attached hydrogens (primary N) is 1. The zero-order chi connectivity index (χ0) is 13.8. The van der Waals surface area contributed by atoms with Crippen molar-refractivity contribution < 1.29 is 0 Å². The molecule has 1 aliphatic heterocycles. The van der Waals surface area contributed by atoms with Gasteiger partial charge < -0.3 is 15.5 Å². The number of benzene rings is 1. The largest absolute Gasteiger partial charge is 0.399 e. The molecule has 0 aromatic heterocycles. The molecule has 1 fully saturated rings. The predicted molar refractivity (Wildman–Crippen MR) is 85.1 cm³/mol. The first-order valence-electron chi connectivity index (χ1n) is 6.95. The lowest BCUT2D eigenvalue weighted by Crippen LogP contribution is -2.35. The van der Waals surface area contributed by atoms with Gasteiger partial charge in [-0.3, -0.25) is 0 Å². The molecule has 0 aliphatic carbocycles. The van der Waals surface area contributed by atoms with Crippen LogP contribution in [0.25, 0.3) is 0 Å². The number of hydrogen-bond donors (Lipinski definition) is 1. The van der Waals surface area contributed by atoms with E-state index >= 15 is 0 Å². The van der Waals surface area contributed by atoms with Crippen molar-refractivity contribution >= 4 is 21.6 Å². The van der Waals surface area contributed by atoms with E-state index in [0.717, 1.165) is 22.6 Å². The lowest BCUT2D eigenvalue weighted by molar-refractivity contribution is 0.173. The van der Waals surface area contributed by atoms with Crippen LogP contribution in [0.3, 0.4) is 0 Å². The predicted octanol–water partition coefficient (Wildman–Crippen LogP) is 2.80. The van der Waals surface area contributed by atoms with Crippen LogP contribution in [0, 0.1) is 5.92 Å². The highest BCUT2D eigenvalue weighted by molar-refractivity contribution is 9.10. The van der Waals surface area contributed by atoms with Crippen LogP contribution >= 0.6 is 15.9 Å². The molecule has 0 spiro atoms. The summed E-state index contributed by atoms with van der Waals surface area (Å²) in [6.07, 6.45) is 2.64. The first-order chi connectivity index (χ1) is 9.02. The number of halogens is 1. The molecule has 1 heterocycles. The van der Waals surface area contributed by atoms with Crippen molar-refractivity contribution in [3.05, 3.63) is 28.2 Å². The standard InChI is InChI=1S/C15H24BrN3/c1-18-5-3-12(4-6-18)10-19(2)11-13-7-14(16)9-15(17)8-13/h7-9,12H,3-6,10-11,17H2,1-2H3. The van der Waals surface area contributed by atoms with E-state index in [4.69, 9.17) is 5.73 Å². The number of piperidine rings is 1. The van der Waals surface area contributed by atoms with Crippen molar-refractivity contribution in [2.24, 2.45) is 5.92 Å². The smallest absolute Gasteiger partial charge is 0.0328 e. The fourth-order valence-corrected chi connectivity index (χ4v) is 3.39. The van der Waals surface area contributed by atoms with Crippen LogP contribution in [0.2, 0.25) is 0 Å². The summed E-state index contributed by atoms with van der Waals surface area (Å²) >= 11 is 3.50. The molecular weight excluding hydrogens is 302 g/mol. The summed E-state index contributed by atoms with van der Waals surface area (Å²) in [5, 5.41) is 0. The molecule has 0 unspecified atom stereocenters. The van der Waals surface area contributed by atoms with Crippen LogP contribution in [0.4, 0.5) is 5.69 Å². The van der Waals surface area contributed by atoms with E-state index in [-0.39, 0.29) is 0 Å². The highest BCUT2D eigenvalue weighted by Crippen LogP contribution is 2.20. The topological polar surface area (TPSA) is 32.5 Å². The van der Waals surface area contributed by atoms with Crippen molar-refractivity contribution in [1.29, 1.82) is 0 Å². The van der Waals surface area contributed by atoms with E-state index in [9.17, 15) is 0 Å². The minimum atomic E-state index is 0.831. The molecule has 1 aromatic carbocycles. The molecule has 1 aromatic rings. The number of nitrogens with zero attached hydrogens (tertiary/aromatic N) is 2. The highest BCUT2D eigenvalue weighted by atomic mass is 79.9. The Hall–Kier alpha value is -0.580. The average Bonchev–Trinajstić information content (AvgIpc) is 2.30. The minimum Gasteiger partial charge on any atom is -0.399 e. The second-order valence-electron chi connectivity index (χ2n) is 5.84. The van der Waals surface area contributed by atoms with Crippen molar-refractivity contribution in [2.75, 3.05) is 39.5 Å². The van der Waals surface area contributed by atoms with Gasteiger partial charge in [0.25, 0.3) is 0 Å². The monoisotopic (exact) mass is 325 g/mol. The van der Waals surface area contributed by atoms with Gasteiger partial charge in [0.05, 0.1) is 0 Å². The molecule has 2 N–H and O–H groups in total. The third-order valence-electron chi connectivity index (χ3n) is 3.84. The van der Waals surface area contributed by atoms with Crippen molar-refractivity contribution in [3.8, 4) is 0 Å². The fraction of sp³-hybridized carbons (Fsp3) is 0.600. The highest BCUT2D eigenvalue weighted by Gasteiger charge is 2.18. The maximum Gasteiger partial charge on any atom is 0.0328 e. The van der Waals surface area contributed by atoms with Gasteiger partial charge in [0.15, 0.2) is 0 Å². The molecule has 0 radical (unpaired) electrons. The SMILES string of the molecule is CN1CCC(CN(C)Cc2cc(N)cc(Br)c2)CC1. The summed E-state index contributed by atoms with van der Waals surface area (Å²) in [6, 6.07) is 6.16. The molecule has 2 rings (SSSR count). The summed E-state index contributed by atoms with van der Waals surface area (Å²) < 4.78 is 1.06. The van der Waals surface area contributed by atoms with Gasteiger partial charge in [0, 0.05) is 23.2 Å². The van der Waals surface area contributed by atoms with Crippen molar-refractivity contribution in [3.63, 3.8) is 0 Å². The van der Waals surface area contributed by atoms with Crippen LogP contribution in [0.15, 0.2) is 22.7 Å². The first-order valence-corrected chi connectivity index (χ1v) is 7.74. The van der Waals surface area contributed by atoms with Crippen molar-refractivity contribution in [1.82, 2.24) is 9.80 Å². The lowest BCUT2D eigenvalue weighted by atomic mass is 9.96. The van der Waals surface area contributed by atoms with Crippen LogP contribution in [0.1, 0.15) is 18.4 Å². The first kappa shape index (κ1) is 14.8. The van der Waals surface area contributed by atoms with Crippen molar-refractivity contribution in [2.45, 2.75) is 19.4 Å². The molecule has 0 amide bonds. The van der Waals surface area contributed by atoms with Gasteiger partial charge >= 0.3 is 0 Å². The van der Waals surface area contributed by atoms with E-state index in [0.29, 0.717) is 0 Å². The molecule has 19 heavy (non-hydrogen) atoms. The molecular formula is C15H24BrN3. The van der Waals surface area contributed by atoms with E-state index in [2.05, 4.69) is 52.0 Å². The number of nitrogen functional groups attached to an aromatic ring is 1. The fourth-order valence-electron chi connectivity index (χ4n) is 2.83. The summed E-state index contributed by atoms with van der Waals surface area (Å²) in [5.74, 6) is 0.839. The van der Waals surface area contributed by atoms with Gasteiger partial charge in [0.2, 0.25) is 0 Å². The maximum atomic E-state index is 5.88. The van der Waals surface area contributed by atoms with Gasteiger partial charge in [0.1, 0.15) is 0 Å². The molecule has 1 aliphatic rings. The quantitative estimate of drug-likeness (QED) is 0.864. The number of rotatable bonds is 4. The van der Waals surface area contributed by atoms with Crippen LogP contribution in [0.5, 0.6) is 0 Å². The Balaban J connectivity index is 1.85.